The molecule has 0 bridgehead atoms. The van der Waals surface area contributed by atoms with Gasteiger partial charge in [0.05, 0.1) is 5.69 Å². The van der Waals surface area contributed by atoms with Crippen LogP contribution in [0.3, 0.4) is 0 Å². The Bertz CT molecular complexity index is 627. The van der Waals surface area contributed by atoms with E-state index in [9.17, 15) is 4.79 Å². The predicted octanol–water partition coefficient (Wildman–Crippen LogP) is 1.85. The number of aromatic nitrogens is 2. The van der Waals surface area contributed by atoms with Crippen LogP contribution in [0.2, 0.25) is 0 Å². The second-order valence-electron chi connectivity index (χ2n) is 4.48. The third-order valence-electron chi connectivity index (χ3n) is 3.19. The van der Waals surface area contributed by atoms with Crippen LogP contribution in [0.15, 0.2) is 12.4 Å². The van der Waals surface area contributed by atoms with Gasteiger partial charge in [-0.1, -0.05) is 0 Å². The Morgan fingerprint density at radius 2 is 2.26 bits per heavy atom. The summed E-state index contributed by atoms with van der Waals surface area (Å²) in [5, 5.41) is 0. The number of hydrogen-bond donors (Lipinski definition) is 1. The number of nitrogens with zero attached hydrogens (tertiary/aromatic N) is 3. The van der Waals surface area contributed by atoms with E-state index in [1.54, 1.807) is 12.4 Å². The van der Waals surface area contributed by atoms with Crippen LogP contribution in [-0.2, 0) is 0 Å². The molecule has 2 aromatic heterocycles. The Morgan fingerprint density at radius 3 is 3.00 bits per heavy atom. The van der Waals surface area contributed by atoms with Gasteiger partial charge in [0.15, 0.2) is 0 Å². The molecular formula is C12H14N4OS2. The molecule has 5 nitrogen and oxygen atoms in total. The molecule has 1 atom stereocenters. The molecule has 0 radical (unpaired) electrons. The Hall–Kier alpha value is -1.34. The van der Waals surface area contributed by atoms with E-state index in [0.717, 1.165) is 22.9 Å². The highest BCUT2D eigenvalue weighted by Gasteiger charge is 2.28. The molecule has 0 aromatic carbocycles. The number of thioether (sulfide) groups is 1. The summed E-state index contributed by atoms with van der Waals surface area (Å²) in [6.45, 7) is 2.85. The molecule has 3 heterocycles. The first-order valence-electron chi connectivity index (χ1n) is 6.06. The van der Waals surface area contributed by atoms with E-state index in [1.165, 1.54) is 11.3 Å². The molecule has 1 saturated heterocycles. The van der Waals surface area contributed by atoms with Crippen molar-refractivity contribution < 1.29 is 4.79 Å². The molecule has 19 heavy (non-hydrogen) atoms. The van der Waals surface area contributed by atoms with E-state index in [0.29, 0.717) is 16.1 Å². The number of carbonyl (C=O) groups is 1. The monoisotopic (exact) mass is 294 g/mol. The van der Waals surface area contributed by atoms with E-state index in [1.807, 2.05) is 16.7 Å². The lowest BCUT2D eigenvalue weighted by Gasteiger charge is -2.32. The van der Waals surface area contributed by atoms with Gasteiger partial charge in [0, 0.05) is 36.5 Å². The van der Waals surface area contributed by atoms with Crippen LogP contribution in [0.4, 0.5) is 5.69 Å². The van der Waals surface area contributed by atoms with Gasteiger partial charge in [0.1, 0.15) is 15.2 Å². The maximum absolute atomic E-state index is 12.6. The van der Waals surface area contributed by atoms with Crippen molar-refractivity contribution in [3.63, 3.8) is 0 Å². The maximum Gasteiger partial charge on any atom is 0.266 e. The fourth-order valence-electron chi connectivity index (χ4n) is 2.16. The molecule has 1 aliphatic rings. The summed E-state index contributed by atoms with van der Waals surface area (Å²) in [7, 11) is 0. The molecule has 1 aliphatic heterocycles. The lowest BCUT2D eigenvalue weighted by atomic mass is 10.2. The average Bonchev–Trinajstić information content (AvgIpc) is 2.77. The third kappa shape index (κ3) is 2.17. The molecule has 3 rings (SSSR count). The van der Waals surface area contributed by atoms with Crippen LogP contribution < -0.4 is 5.73 Å². The van der Waals surface area contributed by atoms with Gasteiger partial charge in [-0.2, -0.15) is 11.8 Å². The fourth-order valence-corrected chi connectivity index (χ4v) is 4.15. The highest BCUT2D eigenvalue weighted by molar-refractivity contribution is 7.99. The fraction of sp³-hybridized carbons (Fsp3) is 0.417. The highest BCUT2D eigenvalue weighted by atomic mass is 32.2. The van der Waals surface area contributed by atoms with Gasteiger partial charge in [-0.05, 0) is 6.92 Å². The zero-order valence-electron chi connectivity index (χ0n) is 10.5. The minimum Gasteiger partial charge on any atom is -0.396 e. The van der Waals surface area contributed by atoms with Gasteiger partial charge >= 0.3 is 0 Å². The largest absolute Gasteiger partial charge is 0.396 e. The molecule has 1 amide bonds. The van der Waals surface area contributed by atoms with Gasteiger partial charge < -0.3 is 10.6 Å². The number of anilines is 1. The maximum atomic E-state index is 12.6. The minimum atomic E-state index is 0.00935. The standard InChI is InChI=1S/C12H14N4OS2/c1-7-6-18-5-4-16(7)12(17)10-8(13)9-11(19-10)15-3-2-14-9/h2-3,7H,4-6,13H2,1H3. The first-order chi connectivity index (χ1) is 9.18. The van der Waals surface area contributed by atoms with Crippen LogP contribution in [0.5, 0.6) is 0 Å². The first kappa shape index (κ1) is 12.7. The van der Waals surface area contributed by atoms with Crippen molar-refractivity contribution in [1.82, 2.24) is 14.9 Å². The Balaban J connectivity index is 1.99. The number of hydrogen-bond acceptors (Lipinski definition) is 6. The third-order valence-corrected chi connectivity index (χ3v) is 5.47. The number of carbonyl (C=O) groups excluding carboxylic acids is 1. The van der Waals surface area contributed by atoms with Crippen molar-refractivity contribution in [2.24, 2.45) is 0 Å². The van der Waals surface area contributed by atoms with E-state index < -0.39 is 0 Å². The summed E-state index contributed by atoms with van der Waals surface area (Å²) in [6, 6.07) is 0.247. The van der Waals surface area contributed by atoms with Gasteiger partial charge in [0.2, 0.25) is 0 Å². The van der Waals surface area contributed by atoms with Gasteiger partial charge in [0.25, 0.3) is 5.91 Å². The van der Waals surface area contributed by atoms with Gasteiger partial charge in [-0.3, -0.25) is 4.79 Å². The normalized spacial score (nSPS) is 19.8. The summed E-state index contributed by atoms with van der Waals surface area (Å²) in [5.74, 6) is 1.97. The first-order valence-corrected chi connectivity index (χ1v) is 8.03. The highest BCUT2D eigenvalue weighted by Crippen LogP contribution is 2.32. The van der Waals surface area contributed by atoms with Crippen molar-refractivity contribution in [1.29, 1.82) is 0 Å². The smallest absolute Gasteiger partial charge is 0.266 e. The summed E-state index contributed by atoms with van der Waals surface area (Å²) < 4.78 is 0. The number of nitrogens with two attached hydrogens (primary N) is 1. The molecule has 7 heteroatoms. The van der Waals surface area contributed by atoms with Crippen LogP contribution in [0, 0.1) is 0 Å². The number of thiophene rings is 1. The average molecular weight is 294 g/mol. The van der Waals surface area contributed by atoms with Crippen LogP contribution in [0.25, 0.3) is 10.3 Å². The molecule has 100 valence electrons. The zero-order valence-corrected chi connectivity index (χ0v) is 12.1. The van der Waals surface area contributed by atoms with Gasteiger partial charge in [-0.25, -0.2) is 9.97 Å². The van der Waals surface area contributed by atoms with Crippen molar-refractivity contribution >= 4 is 45.0 Å². The molecule has 0 aliphatic carbocycles. The quantitative estimate of drug-likeness (QED) is 0.869. The summed E-state index contributed by atoms with van der Waals surface area (Å²) in [6.07, 6.45) is 3.21. The molecular weight excluding hydrogens is 280 g/mol. The molecule has 2 aromatic rings. The number of nitrogen functional groups attached to an aromatic ring is 1. The number of fused-ring (bicyclic) bond motifs is 1. The lowest BCUT2D eigenvalue weighted by molar-refractivity contribution is 0.0722. The van der Waals surface area contributed by atoms with Crippen molar-refractivity contribution in [2.75, 3.05) is 23.8 Å². The van der Waals surface area contributed by atoms with E-state index in [-0.39, 0.29) is 11.9 Å². The summed E-state index contributed by atoms with van der Waals surface area (Å²) in [5.41, 5.74) is 7.14. The SMILES string of the molecule is CC1CSCCN1C(=O)c1sc2nccnc2c1N. The molecule has 0 saturated carbocycles. The van der Waals surface area contributed by atoms with Gasteiger partial charge in [-0.15, -0.1) is 11.3 Å². The predicted molar refractivity (Wildman–Crippen MR) is 79.7 cm³/mol. The van der Waals surface area contributed by atoms with Crippen molar-refractivity contribution in [2.45, 2.75) is 13.0 Å². The lowest BCUT2D eigenvalue weighted by Crippen LogP contribution is -2.44. The number of rotatable bonds is 1. The minimum absolute atomic E-state index is 0.00935. The molecule has 0 spiro atoms. The molecule has 2 N–H and O–H groups in total. The molecule has 1 fully saturated rings. The van der Waals surface area contributed by atoms with E-state index in [4.69, 9.17) is 5.73 Å². The number of amides is 1. The van der Waals surface area contributed by atoms with E-state index >= 15 is 0 Å². The molecule has 1 unspecified atom stereocenters. The second kappa shape index (κ2) is 4.97. The van der Waals surface area contributed by atoms with Crippen molar-refractivity contribution in [3.8, 4) is 0 Å². The van der Waals surface area contributed by atoms with Crippen LogP contribution in [0.1, 0.15) is 16.6 Å². The van der Waals surface area contributed by atoms with E-state index in [2.05, 4.69) is 16.9 Å². The Kier molecular flexibility index (Phi) is 3.32. The Morgan fingerprint density at radius 1 is 1.47 bits per heavy atom. The summed E-state index contributed by atoms with van der Waals surface area (Å²) in [4.78, 5) is 24.2. The second-order valence-corrected chi connectivity index (χ2v) is 6.63. The topological polar surface area (TPSA) is 72.1 Å². The zero-order chi connectivity index (χ0) is 13.4. The van der Waals surface area contributed by atoms with Crippen LogP contribution >= 0.6 is 23.1 Å². The Labute approximate surface area is 119 Å². The summed E-state index contributed by atoms with van der Waals surface area (Å²) >= 11 is 3.21. The van der Waals surface area contributed by atoms with Crippen LogP contribution in [-0.4, -0.2) is 44.9 Å². The van der Waals surface area contributed by atoms with Crippen molar-refractivity contribution in [3.05, 3.63) is 17.3 Å².